The quantitative estimate of drug-likeness (QED) is 0.669. The summed E-state index contributed by atoms with van der Waals surface area (Å²) in [6, 6.07) is 11.8. The molecule has 1 unspecified atom stereocenters. The van der Waals surface area contributed by atoms with Gasteiger partial charge in [-0.15, -0.1) is 0 Å². The van der Waals surface area contributed by atoms with Gasteiger partial charge in [0, 0.05) is 11.8 Å². The van der Waals surface area contributed by atoms with Crippen molar-refractivity contribution in [1.29, 1.82) is 0 Å². The molecule has 0 spiro atoms. The molecule has 0 aliphatic carbocycles. The molecule has 0 saturated carbocycles. The van der Waals surface area contributed by atoms with E-state index in [9.17, 15) is 14.0 Å². The lowest BCUT2D eigenvalue weighted by Gasteiger charge is -2.25. The standard InChI is InChI=1S/C22H20ClFN2O3/c1-13(15-4-6-16(7-5-15)22(28)29)26-21(27)19-11-17(23)12-25-20(19)10-14-2-8-18(24)9-3-14/h2-9,11-13,20,25H,10H2,1H3,(H,26,27)(H,28,29)/t13-,20?/m0/s1. The first-order valence-corrected chi connectivity index (χ1v) is 9.43. The summed E-state index contributed by atoms with van der Waals surface area (Å²) in [5, 5.41) is 15.4. The highest BCUT2D eigenvalue weighted by molar-refractivity contribution is 6.31. The molecule has 29 heavy (non-hydrogen) atoms. The first-order chi connectivity index (χ1) is 13.8. The van der Waals surface area contributed by atoms with Crippen LogP contribution in [0.2, 0.25) is 0 Å². The van der Waals surface area contributed by atoms with Crippen LogP contribution in [0.1, 0.15) is 34.5 Å². The van der Waals surface area contributed by atoms with Crippen LogP contribution in [0.15, 0.2) is 71.4 Å². The number of carbonyl (C=O) groups excluding carboxylic acids is 1. The monoisotopic (exact) mass is 414 g/mol. The number of rotatable bonds is 6. The van der Waals surface area contributed by atoms with Gasteiger partial charge in [0.05, 0.1) is 22.7 Å². The van der Waals surface area contributed by atoms with E-state index in [2.05, 4.69) is 10.6 Å². The second kappa shape index (κ2) is 8.92. The molecule has 1 aliphatic rings. The third kappa shape index (κ3) is 5.23. The molecule has 7 heteroatoms. The van der Waals surface area contributed by atoms with E-state index in [1.54, 1.807) is 36.5 Å². The number of allylic oxidation sites excluding steroid dienone is 2. The van der Waals surface area contributed by atoms with Crippen LogP contribution >= 0.6 is 11.6 Å². The number of aromatic carboxylic acids is 1. The van der Waals surface area contributed by atoms with E-state index in [4.69, 9.17) is 16.7 Å². The van der Waals surface area contributed by atoms with Gasteiger partial charge in [-0.25, -0.2) is 9.18 Å². The van der Waals surface area contributed by atoms with Crippen molar-refractivity contribution in [3.8, 4) is 0 Å². The first-order valence-electron chi connectivity index (χ1n) is 9.05. The highest BCUT2D eigenvalue weighted by Crippen LogP contribution is 2.21. The minimum atomic E-state index is -1.00. The van der Waals surface area contributed by atoms with E-state index in [1.807, 2.05) is 6.92 Å². The fraction of sp³-hybridized carbons (Fsp3) is 0.182. The van der Waals surface area contributed by atoms with Crippen molar-refractivity contribution in [2.24, 2.45) is 0 Å². The Labute approximate surface area is 172 Å². The van der Waals surface area contributed by atoms with Gasteiger partial charge in [-0.2, -0.15) is 0 Å². The highest BCUT2D eigenvalue weighted by Gasteiger charge is 2.25. The zero-order chi connectivity index (χ0) is 21.0. The summed E-state index contributed by atoms with van der Waals surface area (Å²) in [6.45, 7) is 1.82. The molecule has 5 nitrogen and oxygen atoms in total. The Hall–Kier alpha value is -3.12. The van der Waals surface area contributed by atoms with Gasteiger partial charge in [0.1, 0.15) is 5.82 Å². The number of dihydropyridines is 1. The molecule has 0 fully saturated rings. The largest absolute Gasteiger partial charge is 0.478 e. The maximum atomic E-state index is 13.1. The SMILES string of the molecule is C[C@H](NC(=O)C1=CC(Cl)=CNC1Cc1ccc(F)cc1)c1ccc(C(=O)O)cc1. The predicted molar refractivity (Wildman–Crippen MR) is 109 cm³/mol. The summed E-state index contributed by atoms with van der Waals surface area (Å²) < 4.78 is 13.1. The van der Waals surface area contributed by atoms with Crippen LogP contribution in [-0.4, -0.2) is 23.0 Å². The van der Waals surface area contributed by atoms with E-state index in [0.29, 0.717) is 17.0 Å². The van der Waals surface area contributed by atoms with E-state index in [-0.39, 0.29) is 29.4 Å². The fourth-order valence-electron chi connectivity index (χ4n) is 3.09. The van der Waals surface area contributed by atoms with Crippen molar-refractivity contribution in [1.82, 2.24) is 10.6 Å². The Balaban J connectivity index is 1.72. The Morgan fingerprint density at radius 2 is 1.83 bits per heavy atom. The zero-order valence-corrected chi connectivity index (χ0v) is 16.4. The Morgan fingerprint density at radius 3 is 2.45 bits per heavy atom. The number of halogens is 2. The molecule has 1 aliphatic heterocycles. The van der Waals surface area contributed by atoms with Crippen LogP contribution < -0.4 is 10.6 Å². The fourth-order valence-corrected chi connectivity index (χ4v) is 3.27. The number of nitrogens with one attached hydrogen (secondary N) is 2. The summed E-state index contributed by atoms with van der Waals surface area (Å²) in [7, 11) is 0. The number of amides is 1. The Morgan fingerprint density at radius 1 is 1.17 bits per heavy atom. The molecule has 2 aromatic rings. The van der Waals surface area contributed by atoms with Crippen molar-refractivity contribution in [3.05, 3.63) is 93.9 Å². The molecule has 0 radical (unpaired) electrons. The molecule has 2 atom stereocenters. The van der Waals surface area contributed by atoms with E-state index < -0.39 is 5.97 Å². The van der Waals surface area contributed by atoms with E-state index in [0.717, 1.165) is 11.1 Å². The van der Waals surface area contributed by atoms with Crippen LogP contribution in [0.5, 0.6) is 0 Å². The minimum absolute atomic E-state index is 0.183. The molecule has 2 aromatic carbocycles. The Kier molecular flexibility index (Phi) is 6.34. The number of carbonyl (C=O) groups is 2. The maximum Gasteiger partial charge on any atom is 0.335 e. The van der Waals surface area contributed by atoms with Crippen molar-refractivity contribution >= 4 is 23.5 Å². The molecule has 0 saturated heterocycles. The summed E-state index contributed by atoms with van der Waals surface area (Å²) in [5.41, 5.74) is 2.31. The topological polar surface area (TPSA) is 78.4 Å². The van der Waals surface area contributed by atoms with Gasteiger partial charge in [-0.3, -0.25) is 4.79 Å². The lowest BCUT2D eigenvalue weighted by molar-refractivity contribution is -0.118. The zero-order valence-electron chi connectivity index (χ0n) is 15.7. The third-order valence-electron chi connectivity index (χ3n) is 4.71. The van der Waals surface area contributed by atoms with Crippen LogP contribution in [0, 0.1) is 5.82 Å². The molecule has 150 valence electrons. The van der Waals surface area contributed by atoms with Gasteiger partial charge in [0.15, 0.2) is 0 Å². The first kappa shape index (κ1) is 20.6. The molecule has 0 aromatic heterocycles. The Bertz CT molecular complexity index is 969. The van der Waals surface area contributed by atoms with E-state index >= 15 is 0 Å². The van der Waals surface area contributed by atoms with Crippen molar-refractivity contribution in [2.75, 3.05) is 0 Å². The molecule has 1 heterocycles. The molecular formula is C22H20ClFN2O3. The van der Waals surface area contributed by atoms with Crippen molar-refractivity contribution in [3.63, 3.8) is 0 Å². The predicted octanol–water partition coefficient (Wildman–Crippen LogP) is 3.92. The number of hydrogen-bond acceptors (Lipinski definition) is 3. The van der Waals surface area contributed by atoms with Gasteiger partial charge >= 0.3 is 5.97 Å². The van der Waals surface area contributed by atoms with Gasteiger partial charge < -0.3 is 15.7 Å². The molecule has 0 bridgehead atoms. The van der Waals surface area contributed by atoms with E-state index in [1.165, 1.54) is 24.3 Å². The second-order valence-electron chi connectivity index (χ2n) is 6.80. The average molecular weight is 415 g/mol. The summed E-state index contributed by atoms with van der Waals surface area (Å²) >= 11 is 6.08. The van der Waals surface area contributed by atoms with Crippen LogP contribution in [-0.2, 0) is 11.2 Å². The number of carboxylic acids is 1. The number of benzene rings is 2. The molecule has 3 rings (SSSR count). The van der Waals surface area contributed by atoms with Crippen LogP contribution in [0.25, 0.3) is 0 Å². The lowest BCUT2D eigenvalue weighted by atomic mass is 9.95. The smallest absolute Gasteiger partial charge is 0.335 e. The van der Waals surface area contributed by atoms with Crippen LogP contribution in [0.4, 0.5) is 4.39 Å². The van der Waals surface area contributed by atoms with Gasteiger partial charge in [0.25, 0.3) is 0 Å². The summed E-state index contributed by atoms with van der Waals surface area (Å²) in [4.78, 5) is 23.9. The maximum absolute atomic E-state index is 13.1. The third-order valence-corrected chi connectivity index (χ3v) is 4.93. The minimum Gasteiger partial charge on any atom is -0.478 e. The molecule has 1 amide bonds. The van der Waals surface area contributed by atoms with Crippen molar-refractivity contribution in [2.45, 2.75) is 25.4 Å². The average Bonchev–Trinajstić information content (AvgIpc) is 2.71. The number of carboxylic acid groups (broad SMARTS) is 1. The molecule has 3 N–H and O–H groups in total. The summed E-state index contributed by atoms with van der Waals surface area (Å²) in [5.74, 6) is -1.60. The van der Waals surface area contributed by atoms with Gasteiger partial charge in [-0.05, 0) is 54.8 Å². The lowest BCUT2D eigenvalue weighted by Crippen LogP contribution is -2.40. The second-order valence-corrected chi connectivity index (χ2v) is 7.24. The molecular weight excluding hydrogens is 395 g/mol. The number of hydrogen-bond donors (Lipinski definition) is 3. The van der Waals surface area contributed by atoms with Gasteiger partial charge in [-0.1, -0.05) is 35.9 Å². The van der Waals surface area contributed by atoms with Crippen LogP contribution in [0.3, 0.4) is 0 Å². The highest BCUT2D eigenvalue weighted by atomic mass is 35.5. The summed E-state index contributed by atoms with van der Waals surface area (Å²) in [6.07, 6.45) is 3.73. The normalized spacial score (nSPS) is 16.9. The van der Waals surface area contributed by atoms with Gasteiger partial charge in [0.2, 0.25) is 5.91 Å². The van der Waals surface area contributed by atoms with Crippen molar-refractivity contribution < 1.29 is 19.1 Å².